The topological polar surface area (TPSA) is 43.9 Å². The first-order valence-electron chi connectivity index (χ1n) is 10.5. The van der Waals surface area contributed by atoms with Crippen molar-refractivity contribution >= 4 is 11.8 Å². The maximum absolute atomic E-state index is 12.6. The summed E-state index contributed by atoms with van der Waals surface area (Å²) in [5.74, 6) is 1.53. The normalized spacial score (nSPS) is 22.1. The van der Waals surface area contributed by atoms with E-state index in [-0.39, 0.29) is 5.91 Å². The minimum atomic E-state index is 0.154. The summed E-state index contributed by atoms with van der Waals surface area (Å²) in [6.45, 7) is 5.36. The van der Waals surface area contributed by atoms with E-state index in [1.165, 1.54) is 5.56 Å². The lowest BCUT2D eigenvalue weighted by molar-refractivity contribution is -0.133. The maximum Gasteiger partial charge on any atom is 0.253 e. The lowest BCUT2D eigenvalue weighted by atomic mass is 9.89. The molecule has 4 rings (SSSR count). The van der Waals surface area contributed by atoms with Crippen molar-refractivity contribution < 1.29 is 9.59 Å². The summed E-state index contributed by atoms with van der Waals surface area (Å²) in [5, 5.41) is 0. The highest BCUT2D eigenvalue weighted by molar-refractivity contribution is 5.94. The number of amides is 2. The molecule has 5 heteroatoms. The van der Waals surface area contributed by atoms with Gasteiger partial charge in [-0.25, -0.2) is 0 Å². The van der Waals surface area contributed by atoms with E-state index >= 15 is 0 Å². The predicted molar refractivity (Wildman–Crippen MR) is 106 cm³/mol. The number of benzene rings is 1. The summed E-state index contributed by atoms with van der Waals surface area (Å²) in [4.78, 5) is 31.1. The number of likely N-dealkylation sites (N-methyl/N-ethyl adjacent to an activating group) is 1. The van der Waals surface area contributed by atoms with Crippen LogP contribution in [0.4, 0.5) is 0 Å². The smallest absolute Gasteiger partial charge is 0.253 e. The molecule has 1 aromatic carbocycles. The third-order valence-electron chi connectivity index (χ3n) is 6.37. The Bertz CT molecular complexity index is 667. The molecule has 0 unspecified atom stereocenters. The Morgan fingerprint density at radius 2 is 1.48 bits per heavy atom. The maximum atomic E-state index is 12.6. The SMILES string of the molecule is CN1CCN(C(=O)c2ccc(CC3CCN(C(=O)C4CC4)CC3)cc2)CC1. The number of hydrogen-bond donors (Lipinski definition) is 0. The summed E-state index contributed by atoms with van der Waals surface area (Å²) in [7, 11) is 2.10. The van der Waals surface area contributed by atoms with Crippen molar-refractivity contribution in [2.45, 2.75) is 32.1 Å². The molecule has 1 aromatic rings. The highest BCUT2D eigenvalue weighted by Gasteiger charge is 2.34. The average molecular weight is 370 g/mol. The van der Waals surface area contributed by atoms with Crippen molar-refractivity contribution in [2.24, 2.45) is 11.8 Å². The summed E-state index contributed by atoms with van der Waals surface area (Å²) >= 11 is 0. The summed E-state index contributed by atoms with van der Waals surface area (Å²) in [6, 6.07) is 8.21. The van der Waals surface area contributed by atoms with Gasteiger partial charge in [0.05, 0.1) is 0 Å². The van der Waals surface area contributed by atoms with Crippen LogP contribution in [0.25, 0.3) is 0 Å². The van der Waals surface area contributed by atoms with Crippen LogP contribution in [0.3, 0.4) is 0 Å². The highest BCUT2D eigenvalue weighted by Crippen LogP contribution is 2.33. The highest BCUT2D eigenvalue weighted by atomic mass is 16.2. The molecule has 2 amide bonds. The van der Waals surface area contributed by atoms with Crippen LogP contribution in [-0.4, -0.2) is 72.8 Å². The summed E-state index contributed by atoms with van der Waals surface area (Å²) < 4.78 is 0. The molecule has 146 valence electrons. The first-order valence-corrected chi connectivity index (χ1v) is 10.5. The molecule has 2 aliphatic heterocycles. The molecule has 27 heavy (non-hydrogen) atoms. The number of nitrogens with zero attached hydrogens (tertiary/aromatic N) is 3. The second kappa shape index (κ2) is 8.01. The lowest BCUT2D eigenvalue weighted by Crippen LogP contribution is -2.47. The number of rotatable bonds is 4. The third kappa shape index (κ3) is 4.52. The molecule has 1 aliphatic carbocycles. The van der Waals surface area contributed by atoms with Gasteiger partial charge in [0.1, 0.15) is 0 Å². The lowest BCUT2D eigenvalue weighted by Gasteiger charge is -2.33. The Hall–Kier alpha value is -1.88. The molecule has 3 aliphatic rings. The first-order chi connectivity index (χ1) is 13.1. The fraction of sp³-hybridized carbons (Fsp3) is 0.636. The fourth-order valence-electron chi connectivity index (χ4n) is 4.25. The first kappa shape index (κ1) is 18.5. The standard InChI is InChI=1S/C22H31N3O2/c1-23-12-14-25(15-13-23)22(27)19-4-2-17(3-5-19)16-18-8-10-24(11-9-18)21(26)20-6-7-20/h2-5,18,20H,6-16H2,1H3. The van der Waals surface area contributed by atoms with Gasteiger partial charge in [-0.2, -0.15) is 0 Å². The number of carbonyl (C=O) groups excluding carboxylic acids is 2. The molecule has 5 nitrogen and oxygen atoms in total. The van der Waals surface area contributed by atoms with Gasteiger partial charge in [0.2, 0.25) is 5.91 Å². The number of hydrogen-bond acceptors (Lipinski definition) is 3. The van der Waals surface area contributed by atoms with Crippen molar-refractivity contribution in [1.29, 1.82) is 0 Å². The number of carbonyl (C=O) groups is 2. The molecule has 2 heterocycles. The Morgan fingerprint density at radius 1 is 0.852 bits per heavy atom. The molecule has 3 fully saturated rings. The molecule has 2 saturated heterocycles. The van der Waals surface area contributed by atoms with Crippen LogP contribution in [0.5, 0.6) is 0 Å². The number of piperazine rings is 1. The average Bonchev–Trinajstić information content (AvgIpc) is 3.54. The number of likely N-dealkylation sites (tertiary alicyclic amines) is 1. The molecular weight excluding hydrogens is 338 g/mol. The van der Waals surface area contributed by atoms with Gasteiger partial charge in [0, 0.05) is 50.7 Å². The molecule has 0 bridgehead atoms. The van der Waals surface area contributed by atoms with Gasteiger partial charge in [-0.1, -0.05) is 12.1 Å². The van der Waals surface area contributed by atoms with Gasteiger partial charge in [0.25, 0.3) is 5.91 Å². The van der Waals surface area contributed by atoms with Gasteiger partial charge in [-0.3, -0.25) is 9.59 Å². The van der Waals surface area contributed by atoms with Crippen LogP contribution in [0, 0.1) is 11.8 Å². The summed E-state index contributed by atoms with van der Waals surface area (Å²) in [5.41, 5.74) is 2.10. The van der Waals surface area contributed by atoms with Gasteiger partial charge in [-0.15, -0.1) is 0 Å². The second-order valence-corrected chi connectivity index (χ2v) is 8.54. The molecular formula is C22H31N3O2. The Morgan fingerprint density at radius 3 is 2.07 bits per heavy atom. The largest absolute Gasteiger partial charge is 0.342 e. The predicted octanol–water partition coefficient (Wildman–Crippen LogP) is 2.27. The third-order valence-corrected chi connectivity index (χ3v) is 6.37. The number of piperidine rings is 1. The van der Waals surface area contributed by atoms with Gasteiger partial charge in [0.15, 0.2) is 0 Å². The van der Waals surface area contributed by atoms with E-state index in [0.717, 1.165) is 76.9 Å². The van der Waals surface area contributed by atoms with E-state index in [1.807, 2.05) is 17.0 Å². The molecule has 0 N–H and O–H groups in total. The van der Waals surface area contributed by atoms with Crippen LogP contribution in [-0.2, 0) is 11.2 Å². The van der Waals surface area contributed by atoms with E-state index in [0.29, 0.717) is 17.7 Å². The van der Waals surface area contributed by atoms with E-state index in [4.69, 9.17) is 0 Å². The van der Waals surface area contributed by atoms with Crippen molar-refractivity contribution in [3.05, 3.63) is 35.4 Å². The molecule has 1 saturated carbocycles. The van der Waals surface area contributed by atoms with Gasteiger partial charge in [-0.05, 0) is 62.8 Å². The second-order valence-electron chi connectivity index (χ2n) is 8.54. The Balaban J connectivity index is 1.27. The summed E-state index contributed by atoms with van der Waals surface area (Å²) in [6.07, 6.45) is 5.44. The van der Waals surface area contributed by atoms with Gasteiger partial charge >= 0.3 is 0 Å². The zero-order chi connectivity index (χ0) is 18.8. The van der Waals surface area contributed by atoms with Gasteiger partial charge < -0.3 is 14.7 Å². The zero-order valence-corrected chi connectivity index (χ0v) is 16.4. The minimum absolute atomic E-state index is 0.154. The van der Waals surface area contributed by atoms with E-state index in [1.54, 1.807) is 0 Å². The van der Waals surface area contributed by atoms with Crippen LogP contribution >= 0.6 is 0 Å². The molecule has 0 spiro atoms. The van der Waals surface area contributed by atoms with E-state index in [2.05, 4.69) is 29.0 Å². The zero-order valence-electron chi connectivity index (χ0n) is 16.4. The van der Waals surface area contributed by atoms with Crippen molar-refractivity contribution in [1.82, 2.24) is 14.7 Å². The van der Waals surface area contributed by atoms with E-state index < -0.39 is 0 Å². The monoisotopic (exact) mass is 369 g/mol. The molecule has 0 atom stereocenters. The Labute approximate surface area is 162 Å². The molecule has 0 radical (unpaired) electrons. The van der Waals surface area contributed by atoms with Crippen molar-refractivity contribution in [2.75, 3.05) is 46.3 Å². The van der Waals surface area contributed by atoms with Crippen LogP contribution in [0.1, 0.15) is 41.6 Å². The van der Waals surface area contributed by atoms with Crippen LogP contribution in [0.2, 0.25) is 0 Å². The quantitative estimate of drug-likeness (QED) is 0.818. The Kier molecular flexibility index (Phi) is 5.48. The molecule has 0 aromatic heterocycles. The van der Waals surface area contributed by atoms with Crippen molar-refractivity contribution in [3.63, 3.8) is 0 Å². The van der Waals surface area contributed by atoms with Crippen molar-refractivity contribution in [3.8, 4) is 0 Å². The minimum Gasteiger partial charge on any atom is -0.342 e. The van der Waals surface area contributed by atoms with Crippen LogP contribution in [0.15, 0.2) is 24.3 Å². The van der Waals surface area contributed by atoms with E-state index in [9.17, 15) is 9.59 Å². The van der Waals surface area contributed by atoms with Crippen LogP contribution < -0.4 is 0 Å². The fourth-order valence-corrected chi connectivity index (χ4v) is 4.25.